The zero-order valence-electron chi connectivity index (χ0n) is 13.6. The third-order valence-electron chi connectivity index (χ3n) is 4.10. The molecule has 0 bridgehead atoms. The zero-order chi connectivity index (χ0) is 17.3. The van der Waals surface area contributed by atoms with E-state index >= 15 is 0 Å². The van der Waals surface area contributed by atoms with E-state index in [9.17, 15) is 0 Å². The number of rotatable bonds is 4. The van der Waals surface area contributed by atoms with Crippen LogP contribution in [0.4, 0.5) is 0 Å². The van der Waals surface area contributed by atoms with Crippen molar-refractivity contribution in [1.82, 2.24) is 4.98 Å². The maximum Gasteiger partial charge on any atom is 0.153 e. The predicted octanol–water partition coefficient (Wildman–Crippen LogP) is 6.12. The van der Waals surface area contributed by atoms with Crippen LogP contribution in [-0.2, 0) is 0 Å². The largest absolute Gasteiger partial charge is 0.464 e. The molecule has 5 heteroatoms. The lowest BCUT2D eigenvalue weighted by molar-refractivity contribution is 0.568. The second-order valence-corrected chi connectivity index (χ2v) is 5.69. The molecule has 0 aromatic carbocycles. The lowest BCUT2D eigenvalue weighted by Gasteiger charge is -2.12. The molecule has 0 fully saturated rings. The molecule has 5 aromatic heterocycles. The van der Waals surface area contributed by atoms with Crippen LogP contribution in [0.5, 0.6) is 0 Å². The van der Waals surface area contributed by atoms with Crippen molar-refractivity contribution in [3.63, 3.8) is 0 Å². The maximum atomic E-state index is 5.68. The molecule has 5 rings (SSSR count). The molecule has 0 aliphatic rings. The van der Waals surface area contributed by atoms with Gasteiger partial charge in [-0.25, -0.2) is 4.98 Å². The highest BCUT2D eigenvalue weighted by molar-refractivity contribution is 5.90. The summed E-state index contributed by atoms with van der Waals surface area (Å²) in [6.07, 6.45) is 6.51. The minimum atomic E-state index is 0.637. The molecule has 0 spiro atoms. The summed E-state index contributed by atoms with van der Waals surface area (Å²) >= 11 is 0. The molecule has 0 aliphatic heterocycles. The average molecular weight is 343 g/mol. The van der Waals surface area contributed by atoms with Gasteiger partial charge < -0.3 is 17.7 Å². The van der Waals surface area contributed by atoms with Gasteiger partial charge >= 0.3 is 0 Å². The highest BCUT2D eigenvalue weighted by atomic mass is 16.3. The molecule has 0 N–H and O–H groups in total. The first kappa shape index (κ1) is 14.6. The Labute approximate surface area is 148 Å². The van der Waals surface area contributed by atoms with Gasteiger partial charge in [-0.05, 0) is 54.6 Å². The molecule has 26 heavy (non-hydrogen) atoms. The first-order valence-electron chi connectivity index (χ1n) is 8.11. The predicted molar refractivity (Wildman–Crippen MR) is 95.0 cm³/mol. The molecule has 5 nitrogen and oxygen atoms in total. The fourth-order valence-corrected chi connectivity index (χ4v) is 2.98. The smallest absolute Gasteiger partial charge is 0.153 e. The molecule has 0 saturated heterocycles. The van der Waals surface area contributed by atoms with Crippen LogP contribution in [0.2, 0.25) is 0 Å². The van der Waals surface area contributed by atoms with E-state index in [1.165, 1.54) is 0 Å². The van der Waals surface area contributed by atoms with E-state index in [4.69, 9.17) is 22.7 Å². The lowest BCUT2D eigenvalue weighted by atomic mass is 9.98. The molecule has 0 radical (unpaired) electrons. The Bertz CT molecular complexity index is 1050. The minimum Gasteiger partial charge on any atom is -0.464 e. The molecule has 0 unspecified atom stereocenters. The number of pyridine rings is 1. The van der Waals surface area contributed by atoms with Crippen LogP contribution in [0.3, 0.4) is 0 Å². The van der Waals surface area contributed by atoms with Crippen LogP contribution in [-0.4, -0.2) is 4.98 Å². The normalized spacial score (nSPS) is 11.1. The minimum absolute atomic E-state index is 0.637. The Morgan fingerprint density at radius 3 is 1.69 bits per heavy atom. The van der Waals surface area contributed by atoms with Gasteiger partial charge in [-0.2, -0.15) is 0 Å². The Balaban J connectivity index is 1.87. The molecule has 0 saturated carbocycles. The van der Waals surface area contributed by atoms with Gasteiger partial charge in [-0.3, -0.25) is 0 Å². The van der Waals surface area contributed by atoms with Gasteiger partial charge in [0.25, 0.3) is 0 Å². The summed E-state index contributed by atoms with van der Waals surface area (Å²) in [5, 5.41) is 0. The van der Waals surface area contributed by atoms with Gasteiger partial charge in [0.2, 0.25) is 0 Å². The second kappa shape index (κ2) is 5.97. The van der Waals surface area contributed by atoms with Crippen molar-refractivity contribution in [2.45, 2.75) is 0 Å². The number of furan rings is 4. The highest BCUT2D eigenvalue weighted by Crippen LogP contribution is 2.41. The van der Waals surface area contributed by atoms with Crippen molar-refractivity contribution in [2.75, 3.05) is 0 Å². The summed E-state index contributed by atoms with van der Waals surface area (Å²) in [5.41, 5.74) is 2.99. The van der Waals surface area contributed by atoms with Crippen LogP contribution >= 0.6 is 0 Å². The van der Waals surface area contributed by atoms with Crippen molar-refractivity contribution >= 4 is 0 Å². The first-order chi connectivity index (χ1) is 12.9. The average Bonchev–Trinajstić information content (AvgIpc) is 3.49. The van der Waals surface area contributed by atoms with Crippen molar-refractivity contribution in [2.24, 2.45) is 0 Å². The van der Waals surface area contributed by atoms with Crippen LogP contribution in [0.25, 0.3) is 45.6 Å². The molecular weight excluding hydrogens is 330 g/mol. The summed E-state index contributed by atoms with van der Waals surface area (Å²) in [4.78, 5) is 4.79. The van der Waals surface area contributed by atoms with E-state index in [1.807, 2.05) is 54.6 Å². The molecule has 0 aliphatic carbocycles. The van der Waals surface area contributed by atoms with Crippen molar-refractivity contribution in [1.29, 1.82) is 0 Å². The van der Waals surface area contributed by atoms with E-state index < -0.39 is 0 Å². The van der Waals surface area contributed by atoms with Crippen LogP contribution in [0.15, 0.2) is 97.3 Å². The Hall–Kier alpha value is -3.73. The molecular formula is C21H13NO4. The summed E-state index contributed by atoms with van der Waals surface area (Å²) in [5.74, 6) is 2.69. The number of hydrogen-bond acceptors (Lipinski definition) is 5. The van der Waals surface area contributed by atoms with Crippen LogP contribution in [0.1, 0.15) is 0 Å². The van der Waals surface area contributed by atoms with Crippen molar-refractivity contribution in [3.05, 3.63) is 79.6 Å². The van der Waals surface area contributed by atoms with Gasteiger partial charge in [-0.15, -0.1) is 0 Å². The summed E-state index contributed by atoms with van der Waals surface area (Å²) in [6, 6.07) is 16.8. The van der Waals surface area contributed by atoms with Crippen LogP contribution in [0, 0.1) is 0 Å². The third kappa shape index (κ3) is 2.38. The van der Waals surface area contributed by atoms with Crippen LogP contribution < -0.4 is 0 Å². The molecule has 0 atom stereocenters. The van der Waals surface area contributed by atoms with E-state index in [-0.39, 0.29) is 0 Å². The first-order valence-corrected chi connectivity index (χ1v) is 8.11. The topological polar surface area (TPSA) is 65.5 Å². The van der Waals surface area contributed by atoms with Crippen molar-refractivity contribution in [3.8, 4) is 45.6 Å². The highest BCUT2D eigenvalue weighted by Gasteiger charge is 2.23. The molecule has 0 amide bonds. The molecule has 5 heterocycles. The monoisotopic (exact) mass is 343 g/mol. The number of hydrogen-bond donors (Lipinski definition) is 0. The molecule has 126 valence electrons. The Kier molecular flexibility index (Phi) is 3.35. The fraction of sp³-hybridized carbons (Fsp3) is 0. The standard InChI is InChI=1S/C21H13NO4/c1-5-16(23-9-1)14-13-15(17-6-2-10-24-17)22-21(19-8-4-12-26-19)20(14)18-7-3-11-25-18/h1-13H. The van der Waals surface area contributed by atoms with Gasteiger partial charge in [-0.1, -0.05) is 0 Å². The van der Waals surface area contributed by atoms with Gasteiger partial charge in [0.1, 0.15) is 22.9 Å². The number of aromatic nitrogens is 1. The summed E-state index contributed by atoms with van der Waals surface area (Å²) in [6.45, 7) is 0. The SMILES string of the molecule is c1coc(-c2cc(-c3ccco3)c(-c3ccco3)c(-c3ccco3)n2)c1. The maximum absolute atomic E-state index is 5.68. The Morgan fingerprint density at radius 1 is 0.577 bits per heavy atom. The lowest BCUT2D eigenvalue weighted by Crippen LogP contribution is -1.94. The van der Waals surface area contributed by atoms with E-state index in [2.05, 4.69) is 0 Å². The molecule has 5 aromatic rings. The summed E-state index contributed by atoms with van der Waals surface area (Å²) in [7, 11) is 0. The summed E-state index contributed by atoms with van der Waals surface area (Å²) < 4.78 is 22.5. The third-order valence-corrected chi connectivity index (χ3v) is 4.10. The van der Waals surface area contributed by atoms with Gasteiger partial charge in [0.15, 0.2) is 11.5 Å². The van der Waals surface area contributed by atoms with Gasteiger partial charge in [0, 0.05) is 5.56 Å². The van der Waals surface area contributed by atoms with Crippen molar-refractivity contribution < 1.29 is 17.7 Å². The van der Waals surface area contributed by atoms with Gasteiger partial charge in [0.05, 0.1) is 30.6 Å². The second-order valence-electron chi connectivity index (χ2n) is 5.69. The fourth-order valence-electron chi connectivity index (χ4n) is 2.98. The zero-order valence-corrected chi connectivity index (χ0v) is 13.6. The van der Waals surface area contributed by atoms with E-state index in [0.29, 0.717) is 34.4 Å². The quantitative estimate of drug-likeness (QED) is 0.393. The van der Waals surface area contributed by atoms with E-state index in [1.54, 1.807) is 25.1 Å². The van der Waals surface area contributed by atoms with E-state index in [0.717, 1.165) is 11.1 Å². The number of nitrogens with zero attached hydrogens (tertiary/aromatic N) is 1. The Morgan fingerprint density at radius 2 is 1.12 bits per heavy atom.